The molecule has 4 unspecified atom stereocenters. The standard InChI is InChI=1S/C56H56BN3/c1-33-29-34(2)48-51-47(33)54(7)26-14-15-27-55(54,8)60(51)46-32-37(31-45-49(46)57(48)42-21-16-19-39-38-18-11-13-22-43(38)58(45)50(39)42)59-44-24-23-36(52(3,4)5)30-41(44)53(6)28-25-35-17-10-12-20-40(35)56(53,59)9/h10-13,16-24,29-32H,14-15,25-28H2,1-9H3. The van der Waals surface area contributed by atoms with E-state index in [2.05, 4.69) is 180 Å². The Morgan fingerprint density at radius 2 is 1.37 bits per heavy atom. The second kappa shape index (κ2) is 11.0. The predicted molar refractivity (Wildman–Crippen MR) is 254 cm³/mol. The first-order valence-electron chi connectivity index (χ1n) is 22.9. The molecule has 0 bridgehead atoms. The number of rotatable bonds is 1. The SMILES string of the molecule is Cc1cc(C)c2c3c1B1c4c(cc(N5c6ccc(C(C)(C)C)cc6C6(C)CCc7ccccc7C56C)cc4-n4c5ccccc5c5cccc1c54)N3C1(C)CCCCC21C. The number of hydrogen-bond acceptors (Lipinski definition) is 2. The van der Waals surface area contributed by atoms with Gasteiger partial charge in [-0.3, -0.25) is 0 Å². The van der Waals surface area contributed by atoms with Crippen LogP contribution in [0.15, 0.2) is 103 Å². The minimum Gasteiger partial charge on any atom is -0.335 e. The van der Waals surface area contributed by atoms with Gasteiger partial charge < -0.3 is 14.4 Å². The van der Waals surface area contributed by atoms with Crippen molar-refractivity contribution in [3.63, 3.8) is 0 Å². The Labute approximate surface area is 356 Å². The Kier molecular flexibility index (Phi) is 6.51. The molecule has 298 valence electrons. The highest BCUT2D eigenvalue weighted by Gasteiger charge is 2.63. The third-order valence-electron chi connectivity index (χ3n) is 17.9. The lowest BCUT2D eigenvalue weighted by Crippen LogP contribution is -2.64. The zero-order valence-corrected chi connectivity index (χ0v) is 37.0. The van der Waals surface area contributed by atoms with Crippen molar-refractivity contribution in [2.75, 3.05) is 9.80 Å². The van der Waals surface area contributed by atoms with Gasteiger partial charge in [0.2, 0.25) is 0 Å². The topological polar surface area (TPSA) is 11.4 Å². The summed E-state index contributed by atoms with van der Waals surface area (Å²) in [5.74, 6) is 0. The Morgan fingerprint density at radius 1 is 0.617 bits per heavy atom. The fourth-order valence-electron chi connectivity index (χ4n) is 14.7. The Bertz CT molecular complexity index is 3110. The van der Waals surface area contributed by atoms with Crippen molar-refractivity contribution in [3.05, 3.63) is 142 Å². The number of hydrogen-bond donors (Lipinski definition) is 0. The van der Waals surface area contributed by atoms with Gasteiger partial charge in [-0.05, 0) is 133 Å². The molecule has 1 saturated carbocycles. The van der Waals surface area contributed by atoms with E-state index in [1.54, 1.807) is 11.0 Å². The van der Waals surface area contributed by atoms with Crippen LogP contribution in [0.2, 0.25) is 0 Å². The quantitative estimate of drug-likeness (QED) is 0.154. The monoisotopic (exact) mass is 781 g/mol. The molecule has 2 aliphatic carbocycles. The van der Waals surface area contributed by atoms with Crippen LogP contribution in [0.1, 0.15) is 120 Å². The molecule has 4 aliphatic heterocycles. The first-order chi connectivity index (χ1) is 28.7. The smallest absolute Gasteiger partial charge is 0.252 e. The van der Waals surface area contributed by atoms with Gasteiger partial charge in [-0.1, -0.05) is 132 Å². The summed E-state index contributed by atoms with van der Waals surface area (Å²) in [6.45, 7) is 22.5. The van der Waals surface area contributed by atoms with Crippen molar-refractivity contribution in [3.8, 4) is 5.69 Å². The van der Waals surface area contributed by atoms with E-state index in [4.69, 9.17) is 0 Å². The van der Waals surface area contributed by atoms with Gasteiger partial charge in [-0.25, -0.2) is 0 Å². The van der Waals surface area contributed by atoms with E-state index in [1.165, 1.54) is 120 Å². The summed E-state index contributed by atoms with van der Waals surface area (Å²) >= 11 is 0. The second-order valence-corrected chi connectivity index (χ2v) is 21.6. The molecule has 7 aromatic rings. The van der Waals surface area contributed by atoms with Crippen LogP contribution in [0.5, 0.6) is 0 Å². The van der Waals surface area contributed by atoms with Crippen molar-refractivity contribution >= 4 is 67.7 Å². The zero-order valence-electron chi connectivity index (χ0n) is 37.0. The number of para-hydroxylation sites is 2. The largest absolute Gasteiger partial charge is 0.335 e. The summed E-state index contributed by atoms with van der Waals surface area (Å²) in [5, 5.41) is 2.70. The van der Waals surface area contributed by atoms with E-state index in [0.29, 0.717) is 0 Å². The molecule has 0 saturated heterocycles. The highest BCUT2D eigenvalue weighted by atomic mass is 15.3. The van der Waals surface area contributed by atoms with Crippen LogP contribution in [0, 0.1) is 13.8 Å². The second-order valence-electron chi connectivity index (χ2n) is 21.6. The van der Waals surface area contributed by atoms with E-state index < -0.39 is 0 Å². The minimum absolute atomic E-state index is 0.0496. The molecule has 6 aromatic carbocycles. The van der Waals surface area contributed by atoms with Crippen molar-refractivity contribution < 1.29 is 0 Å². The summed E-state index contributed by atoms with van der Waals surface area (Å²) in [4.78, 5) is 5.78. The molecule has 5 heterocycles. The summed E-state index contributed by atoms with van der Waals surface area (Å²) in [7, 11) is 0. The molecular weight excluding hydrogens is 725 g/mol. The van der Waals surface area contributed by atoms with Gasteiger partial charge in [0.25, 0.3) is 6.71 Å². The summed E-state index contributed by atoms with van der Waals surface area (Å²) in [5.41, 5.74) is 24.2. The van der Waals surface area contributed by atoms with Gasteiger partial charge in [0, 0.05) is 55.6 Å². The summed E-state index contributed by atoms with van der Waals surface area (Å²) in [6, 6.07) is 41.2. The Morgan fingerprint density at radius 3 is 2.20 bits per heavy atom. The van der Waals surface area contributed by atoms with E-state index in [-0.39, 0.29) is 34.0 Å². The molecule has 60 heavy (non-hydrogen) atoms. The summed E-state index contributed by atoms with van der Waals surface area (Å²) < 4.78 is 2.68. The first-order valence-corrected chi connectivity index (χ1v) is 22.9. The number of benzene rings is 6. The number of fused-ring (bicyclic) bond motifs is 15. The summed E-state index contributed by atoms with van der Waals surface area (Å²) in [6.07, 6.45) is 7.19. The molecule has 0 amide bonds. The lowest BCUT2D eigenvalue weighted by Gasteiger charge is -2.53. The number of nitrogens with zero attached hydrogens (tertiary/aromatic N) is 3. The van der Waals surface area contributed by atoms with E-state index in [9.17, 15) is 0 Å². The van der Waals surface area contributed by atoms with Crippen molar-refractivity contribution in [2.45, 2.75) is 128 Å². The van der Waals surface area contributed by atoms with Crippen LogP contribution in [0.4, 0.5) is 22.7 Å². The fraction of sp³-hybridized carbons (Fsp3) is 0.357. The van der Waals surface area contributed by atoms with Gasteiger partial charge in [0.05, 0.1) is 16.6 Å². The molecule has 0 radical (unpaired) electrons. The van der Waals surface area contributed by atoms with E-state index in [0.717, 1.165) is 12.8 Å². The van der Waals surface area contributed by atoms with Gasteiger partial charge in [0.15, 0.2) is 0 Å². The van der Waals surface area contributed by atoms with Crippen molar-refractivity contribution in [1.29, 1.82) is 0 Å². The third-order valence-corrected chi connectivity index (χ3v) is 17.9. The Balaban J connectivity index is 1.20. The fourth-order valence-corrected chi connectivity index (χ4v) is 14.7. The maximum Gasteiger partial charge on any atom is 0.252 e. The van der Waals surface area contributed by atoms with Crippen LogP contribution in [-0.2, 0) is 28.2 Å². The highest BCUT2D eigenvalue weighted by molar-refractivity contribution is 7.00. The van der Waals surface area contributed by atoms with Crippen molar-refractivity contribution in [2.24, 2.45) is 0 Å². The maximum atomic E-state index is 2.95. The molecule has 3 nitrogen and oxygen atoms in total. The van der Waals surface area contributed by atoms with Crippen LogP contribution in [0.3, 0.4) is 0 Å². The number of aryl methyl sites for hydroxylation is 3. The normalized spacial score (nSPS) is 26.5. The van der Waals surface area contributed by atoms with Crippen LogP contribution in [-0.4, -0.2) is 16.8 Å². The molecule has 1 fully saturated rings. The molecule has 4 heteroatoms. The van der Waals surface area contributed by atoms with E-state index >= 15 is 0 Å². The average Bonchev–Trinajstić information content (AvgIpc) is 3.76. The highest BCUT2D eigenvalue weighted by Crippen LogP contribution is 2.66. The number of anilines is 4. The van der Waals surface area contributed by atoms with Gasteiger partial charge >= 0.3 is 0 Å². The molecular formula is C56H56BN3. The predicted octanol–water partition coefficient (Wildman–Crippen LogP) is 11.9. The molecule has 1 aromatic heterocycles. The average molecular weight is 782 g/mol. The third kappa shape index (κ3) is 3.81. The first kappa shape index (κ1) is 35.5. The zero-order chi connectivity index (χ0) is 41.0. The molecule has 0 N–H and O–H groups in total. The number of aromatic nitrogens is 1. The lowest BCUT2D eigenvalue weighted by molar-refractivity contribution is 0.194. The Hall–Kier alpha value is -5.22. The maximum absolute atomic E-state index is 2.95. The molecule has 4 atom stereocenters. The van der Waals surface area contributed by atoms with Gasteiger partial charge in [-0.15, -0.1) is 0 Å². The van der Waals surface area contributed by atoms with E-state index in [1.807, 2.05) is 0 Å². The molecule has 6 aliphatic rings. The molecule has 13 rings (SSSR count). The van der Waals surface area contributed by atoms with Crippen LogP contribution in [0.25, 0.3) is 27.5 Å². The molecule has 0 spiro atoms. The van der Waals surface area contributed by atoms with Crippen molar-refractivity contribution in [1.82, 2.24) is 4.57 Å². The van der Waals surface area contributed by atoms with Gasteiger partial charge in [-0.2, -0.15) is 0 Å². The lowest BCUT2D eigenvalue weighted by atomic mass is 9.33. The minimum atomic E-state index is -0.305. The van der Waals surface area contributed by atoms with Crippen LogP contribution < -0.4 is 26.2 Å². The van der Waals surface area contributed by atoms with Crippen LogP contribution >= 0.6 is 0 Å². The van der Waals surface area contributed by atoms with Gasteiger partial charge in [0.1, 0.15) is 0 Å².